The molecule has 0 aliphatic carbocycles. The van der Waals surface area contributed by atoms with Crippen molar-refractivity contribution in [2.24, 2.45) is 0 Å². The van der Waals surface area contributed by atoms with Crippen LogP contribution in [0.3, 0.4) is 0 Å². The Morgan fingerprint density at radius 1 is 0.870 bits per heavy atom. The molecule has 112 valence electrons. The van der Waals surface area contributed by atoms with Crippen molar-refractivity contribution in [1.82, 2.24) is 0 Å². The standard InChI is InChI=1S/C22H18S/c1-3-8-17-15(2)13-14-20-21(17)19-12-7-11-18(22(19)23-20)16-9-5-4-6-10-16/h3-14H,1-2H3/b8-3-. The van der Waals surface area contributed by atoms with Crippen LogP contribution < -0.4 is 0 Å². The molecule has 0 radical (unpaired) electrons. The number of aryl methyl sites for hydroxylation is 1. The van der Waals surface area contributed by atoms with E-state index in [1.807, 2.05) is 11.3 Å². The van der Waals surface area contributed by atoms with E-state index in [2.05, 4.69) is 86.7 Å². The molecule has 1 heterocycles. The third kappa shape index (κ3) is 2.29. The van der Waals surface area contributed by atoms with Gasteiger partial charge in [0.15, 0.2) is 0 Å². The Morgan fingerprint density at radius 2 is 1.70 bits per heavy atom. The van der Waals surface area contributed by atoms with E-state index in [0.29, 0.717) is 0 Å². The number of hydrogen-bond acceptors (Lipinski definition) is 1. The second kappa shape index (κ2) is 5.68. The molecular formula is C22H18S. The highest BCUT2D eigenvalue weighted by Crippen LogP contribution is 2.42. The van der Waals surface area contributed by atoms with Crippen LogP contribution in [0.1, 0.15) is 18.1 Å². The maximum absolute atomic E-state index is 2.26. The fourth-order valence-corrected chi connectivity index (χ4v) is 4.50. The van der Waals surface area contributed by atoms with Crippen molar-refractivity contribution >= 4 is 37.6 Å². The zero-order valence-electron chi connectivity index (χ0n) is 13.3. The SMILES string of the molecule is C/C=C\c1c(C)ccc2sc3c(-c4ccccc4)cccc3c12. The lowest BCUT2D eigenvalue weighted by Crippen LogP contribution is -1.82. The summed E-state index contributed by atoms with van der Waals surface area (Å²) < 4.78 is 2.74. The molecule has 4 rings (SSSR count). The first-order valence-corrected chi connectivity index (χ1v) is 8.74. The van der Waals surface area contributed by atoms with Gasteiger partial charge in [-0.3, -0.25) is 0 Å². The number of benzene rings is 3. The first kappa shape index (κ1) is 14.2. The second-order valence-electron chi connectivity index (χ2n) is 5.82. The van der Waals surface area contributed by atoms with E-state index in [0.717, 1.165) is 0 Å². The van der Waals surface area contributed by atoms with Gasteiger partial charge in [0.1, 0.15) is 0 Å². The van der Waals surface area contributed by atoms with Crippen LogP contribution in [0.5, 0.6) is 0 Å². The molecule has 0 amide bonds. The molecule has 0 aliphatic heterocycles. The first-order chi connectivity index (χ1) is 11.3. The number of fused-ring (bicyclic) bond motifs is 3. The summed E-state index contributed by atoms with van der Waals surface area (Å²) in [5.74, 6) is 0. The molecule has 4 aromatic rings. The van der Waals surface area contributed by atoms with Crippen molar-refractivity contribution in [1.29, 1.82) is 0 Å². The van der Waals surface area contributed by atoms with Gasteiger partial charge in [-0.25, -0.2) is 0 Å². The predicted molar refractivity (Wildman–Crippen MR) is 104 cm³/mol. The van der Waals surface area contributed by atoms with Crippen LogP contribution in [0, 0.1) is 6.92 Å². The summed E-state index contributed by atoms with van der Waals surface area (Å²) in [5.41, 5.74) is 5.30. The molecular weight excluding hydrogens is 296 g/mol. The van der Waals surface area contributed by atoms with Crippen molar-refractivity contribution in [2.75, 3.05) is 0 Å². The summed E-state index contributed by atoms with van der Waals surface area (Å²) in [5, 5.41) is 2.75. The van der Waals surface area contributed by atoms with Crippen molar-refractivity contribution in [3.8, 4) is 11.1 Å². The molecule has 0 atom stereocenters. The normalized spacial score (nSPS) is 11.7. The number of allylic oxidation sites excluding steroid dienone is 1. The maximum Gasteiger partial charge on any atom is 0.0434 e. The van der Waals surface area contributed by atoms with Crippen LogP contribution in [0.2, 0.25) is 0 Å². The summed E-state index contributed by atoms with van der Waals surface area (Å²) in [6.45, 7) is 4.28. The molecule has 0 bridgehead atoms. The van der Waals surface area contributed by atoms with Crippen LogP contribution in [0.15, 0.2) is 66.7 Å². The van der Waals surface area contributed by atoms with Gasteiger partial charge in [0.2, 0.25) is 0 Å². The maximum atomic E-state index is 2.26. The lowest BCUT2D eigenvalue weighted by Gasteiger charge is -2.05. The van der Waals surface area contributed by atoms with Crippen LogP contribution in [-0.4, -0.2) is 0 Å². The average molecular weight is 314 g/mol. The average Bonchev–Trinajstić information content (AvgIpc) is 2.97. The largest absolute Gasteiger partial charge is 0.135 e. The molecule has 0 spiro atoms. The van der Waals surface area contributed by atoms with Gasteiger partial charge in [-0.2, -0.15) is 0 Å². The predicted octanol–water partition coefficient (Wildman–Crippen LogP) is 7.06. The van der Waals surface area contributed by atoms with Gasteiger partial charge in [-0.05, 0) is 42.2 Å². The molecule has 0 N–H and O–H groups in total. The third-order valence-electron chi connectivity index (χ3n) is 4.34. The van der Waals surface area contributed by atoms with Gasteiger partial charge in [0.25, 0.3) is 0 Å². The topological polar surface area (TPSA) is 0 Å². The van der Waals surface area contributed by atoms with Gasteiger partial charge in [0.05, 0.1) is 0 Å². The summed E-state index contributed by atoms with van der Waals surface area (Å²) in [6.07, 6.45) is 4.37. The lowest BCUT2D eigenvalue weighted by atomic mass is 9.98. The Hall–Kier alpha value is -2.38. The van der Waals surface area contributed by atoms with Gasteiger partial charge >= 0.3 is 0 Å². The van der Waals surface area contributed by atoms with E-state index in [-0.39, 0.29) is 0 Å². The van der Waals surface area contributed by atoms with E-state index in [4.69, 9.17) is 0 Å². The van der Waals surface area contributed by atoms with E-state index in [1.54, 1.807) is 0 Å². The fourth-order valence-electron chi connectivity index (χ4n) is 3.25. The molecule has 0 saturated heterocycles. The smallest absolute Gasteiger partial charge is 0.0434 e. The first-order valence-electron chi connectivity index (χ1n) is 7.92. The van der Waals surface area contributed by atoms with Crippen LogP contribution in [0.25, 0.3) is 37.4 Å². The Bertz CT molecular complexity index is 1020. The molecule has 23 heavy (non-hydrogen) atoms. The summed E-state index contributed by atoms with van der Waals surface area (Å²) >= 11 is 1.90. The van der Waals surface area contributed by atoms with Gasteiger partial charge in [0, 0.05) is 20.2 Å². The molecule has 0 fully saturated rings. The fraction of sp³-hybridized carbons (Fsp3) is 0.0909. The molecule has 0 aliphatic rings. The Morgan fingerprint density at radius 3 is 2.48 bits per heavy atom. The summed E-state index contributed by atoms with van der Waals surface area (Å²) in [4.78, 5) is 0. The van der Waals surface area contributed by atoms with Crippen LogP contribution in [-0.2, 0) is 0 Å². The van der Waals surface area contributed by atoms with Gasteiger partial charge in [-0.15, -0.1) is 11.3 Å². The van der Waals surface area contributed by atoms with Crippen molar-refractivity contribution in [3.63, 3.8) is 0 Å². The zero-order chi connectivity index (χ0) is 15.8. The highest BCUT2D eigenvalue weighted by atomic mass is 32.1. The van der Waals surface area contributed by atoms with Crippen LogP contribution in [0.4, 0.5) is 0 Å². The van der Waals surface area contributed by atoms with Gasteiger partial charge in [-0.1, -0.05) is 66.7 Å². The second-order valence-corrected chi connectivity index (χ2v) is 6.87. The minimum absolute atomic E-state index is 1.29. The summed E-state index contributed by atoms with van der Waals surface area (Å²) in [6, 6.07) is 21.8. The lowest BCUT2D eigenvalue weighted by molar-refractivity contribution is 1.49. The zero-order valence-corrected chi connectivity index (χ0v) is 14.2. The van der Waals surface area contributed by atoms with E-state index >= 15 is 0 Å². The van der Waals surface area contributed by atoms with Crippen molar-refractivity contribution in [3.05, 3.63) is 77.9 Å². The highest BCUT2D eigenvalue weighted by molar-refractivity contribution is 7.26. The van der Waals surface area contributed by atoms with Gasteiger partial charge < -0.3 is 0 Å². The Balaban J connectivity index is 2.13. The molecule has 1 heteroatoms. The highest BCUT2D eigenvalue weighted by Gasteiger charge is 2.13. The quantitative estimate of drug-likeness (QED) is 0.371. The van der Waals surface area contributed by atoms with Crippen LogP contribution >= 0.6 is 11.3 Å². The number of hydrogen-bond donors (Lipinski definition) is 0. The Kier molecular flexibility index (Phi) is 3.51. The molecule has 0 unspecified atom stereocenters. The van der Waals surface area contributed by atoms with Crippen molar-refractivity contribution in [2.45, 2.75) is 13.8 Å². The molecule has 0 saturated carbocycles. The minimum atomic E-state index is 1.29. The van der Waals surface area contributed by atoms with E-state index in [1.165, 1.54) is 42.4 Å². The van der Waals surface area contributed by atoms with Crippen molar-refractivity contribution < 1.29 is 0 Å². The molecule has 0 nitrogen and oxygen atoms in total. The molecule has 3 aromatic carbocycles. The van der Waals surface area contributed by atoms with E-state index in [9.17, 15) is 0 Å². The molecule has 1 aromatic heterocycles. The number of thiophene rings is 1. The third-order valence-corrected chi connectivity index (χ3v) is 5.54. The van der Waals surface area contributed by atoms with E-state index < -0.39 is 0 Å². The number of rotatable bonds is 2. The Labute approximate surface area is 140 Å². The minimum Gasteiger partial charge on any atom is -0.135 e. The summed E-state index contributed by atoms with van der Waals surface area (Å²) in [7, 11) is 0. The monoisotopic (exact) mass is 314 g/mol.